The van der Waals surface area contributed by atoms with E-state index in [9.17, 15) is 4.39 Å². The summed E-state index contributed by atoms with van der Waals surface area (Å²) in [7, 11) is 0. The first-order chi connectivity index (χ1) is 13.2. The minimum atomic E-state index is -0.230. The van der Waals surface area contributed by atoms with E-state index in [-0.39, 0.29) is 5.82 Å². The normalized spacial score (nSPS) is 11.3. The molecule has 2 aromatic heterocycles. The van der Waals surface area contributed by atoms with Gasteiger partial charge in [-0.2, -0.15) is 0 Å². The number of anilines is 1. The van der Waals surface area contributed by atoms with Crippen molar-refractivity contribution in [1.82, 2.24) is 4.98 Å². The summed E-state index contributed by atoms with van der Waals surface area (Å²) in [6.45, 7) is 2.52. The number of nitrogens with one attached hydrogen (secondary N) is 1. The Labute approximate surface area is 157 Å². The molecule has 4 heteroatoms. The first-order valence-corrected chi connectivity index (χ1v) is 8.80. The lowest BCUT2D eigenvalue weighted by Gasteiger charge is -2.07. The van der Waals surface area contributed by atoms with Gasteiger partial charge in [0.25, 0.3) is 0 Å². The van der Waals surface area contributed by atoms with E-state index in [1.54, 1.807) is 12.1 Å². The Bertz CT molecular complexity index is 1100. The quantitative estimate of drug-likeness (QED) is 0.441. The maximum absolute atomic E-state index is 13.0. The van der Waals surface area contributed by atoms with Gasteiger partial charge in [-0.25, -0.2) is 9.37 Å². The third-order valence-electron chi connectivity index (χ3n) is 4.33. The predicted molar refractivity (Wildman–Crippen MR) is 108 cm³/mol. The molecular weight excluding hydrogens is 339 g/mol. The van der Waals surface area contributed by atoms with Crippen molar-refractivity contribution in [3.63, 3.8) is 0 Å². The van der Waals surface area contributed by atoms with E-state index in [4.69, 9.17) is 4.42 Å². The molecule has 0 saturated heterocycles. The van der Waals surface area contributed by atoms with Crippen LogP contribution in [0.4, 0.5) is 10.2 Å². The number of benzene rings is 2. The van der Waals surface area contributed by atoms with Crippen molar-refractivity contribution in [2.24, 2.45) is 0 Å². The van der Waals surface area contributed by atoms with Crippen molar-refractivity contribution >= 4 is 28.9 Å². The lowest BCUT2D eigenvalue weighted by molar-refractivity contribution is 0.490. The van der Waals surface area contributed by atoms with Crippen LogP contribution in [0.5, 0.6) is 0 Å². The van der Waals surface area contributed by atoms with E-state index in [1.165, 1.54) is 12.1 Å². The number of rotatable bonds is 5. The molecule has 27 heavy (non-hydrogen) atoms. The fraction of sp³-hybridized carbons (Fsp3) is 0.0870. The first-order valence-electron chi connectivity index (χ1n) is 8.80. The number of furan rings is 1. The predicted octanol–water partition coefficient (Wildman–Crippen LogP) is 6.06. The molecule has 0 bridgehead atoms. The zero-order valence-corrected chi connectivity index (χ0v) is 14.9. The number of aromatic nitrogens is 1. The molecule has 3 nitrogen and oxygen atoms in total. The third kappa shape index (κ3) is 4.06. The number of hydrogen-bond donors (Lipinski definition) is 1. The van der Waals surface area contributed by atoms with Crippen molar-refractivity contribution in [3.8, 4) is 0 Å². The lowest BCUT2D eigenvalue weighted by atomic mass is 10.1. The molecule has 4 rings (SSSR count). The Morgan fingerprint density at radius 3 is 2.59 bits per heavy atom. The molecule has 134 valence electrons. The number of hydrogen-bond acceptors (Lipinski definition) is 3. The van der Waals surface area contributed by atoms with Gasteiger partial charge in [0.2, 0.25) is 0 Å². The van der Waals surface area contributed by atoms with Crippen LogP contribution >= 0.6 is 0 Å². The van der Waals surface area contributed by atoms with Gasteiger partial charge >= 0.3 is 0 Å². The maximum atomic E-state index is 13.0. The molecule has 0 aliphatic carbocycles. The third-order valence-corrected chi connectivity index (χ3v) is 4.33. The van der Waals surface area contributed by atoms with Gasteiger partial charge in [0.1, 0.15) is 23.2 Å². The average molecular weight is 358 g/mol. The molecule has 0 spiro atoms. The van der Waals surface area contributed by atoms with E-state index >= 15 is 0 Å². The highest BCUT2D eigenvalue weighted by Gasteiger charge is 2.03. The highest BCUT2D eigenvalue weighted by Crippen LogP contribution is 2.22. The molecule has 0 fully saturated rings. The lowest BCUT2D eigenvalue weighted by Crippen LogP contribution is -2.00. The van der Waals surface area contributed by atoms with Crippen molar-refractivity contribution < 1.29 is 8.81 Å². The molecule has 2 heterocycles. The van der Waals surface area contributed by atoms with Gasteiger partial charge in [-0.3, -0.25) is 0 Å². The molecule has 0 atom stereocenters. The summed E-state index contributed by atoms with van der Waals surface area (Å²) in [6.07, 6.45) is 4.00. The zero-order valence-electron chi connectivity index (χ0n) is 14.9. The Kier molecular flexibility index (Phi) is 4.71. The van der Waals surface area contributed by atoms with Crippen LogP contribution in [0.25, 0.3) is 23.1 Å². The average Bonchev–Trinajstić information content (AvgIpc) is 3.11. The first kappa shape index (κ1) is 17.0. The van der Waals surface area contributed by atoms with Crippen molar-refractivity contribution in [1.29, 1.82) is 0 Å². The largest absolute Gasteiger partial charge is 0.465 e. The van der Waals surface area contributed by atoms with Crippen molar-refractivity contribution in [2.75, 3.05) is 5.32 Å². The van der Waals surface area contributed by atoms with Crippen molar-refractivity contribution in [2.45, 2.75) is 13.5 Å². The topological polar surface area (TPSA) is 38.1 Å². The van der Waals surface area contributed by atoms with Gasteiger partial charge in [-0.05, 0) is 60.5 Å². The SMILES string of the molecule is Cc1ccc(CNc2ccc3c(/C=C/c4ccc(F)cc4)cccc3n2)o1. The second-order valence-electron chi connectivity index (χ2n) is 6.36. The van der Waals surface area contributed by atoms with Crippen LogP contribution < -0.4 is 5.32 Å². The smallest absolute Gasteiger partial charge is 0.127 e. The van der Waals surface area contributed by atoms with Gasteiger partial charge < -0.3 is 9.73 Å². The Hall–Kier alpha value is -3.40. The zero-order chi connectivity index (χ0) is 18.6. The Morgan fingerprint density at radius 1 is 0.963 bits per heavy atom. The molecule has 0 amide bonds. The highest BCUT2D eigenvalue weighted by molar-refractivity contribution is 5.91. The van der Waals surface area contributed by atoms with Crippen LogP contribution in [0.3, 0.4) is 0 Å². The van der Waals surface area contributed by atoms with E-state index in [0.717, 1.165) is 39.4 Å². The van der Waals surface area contributed by atoms with Crippen molar-refractivity contribution in [3.05, 3.63) is 95.2 Å². The summed E-state index contributed by atoms with van der Waals surface area (Å²) < 4.78 is 18.6. The molecule has 2 aromatic carbocycles. The number of nitrogens with zero attached hydrogens (tertiary/aromatic N) is 1. The molecule has 4 aromatic rings. The van der Waals surface area contributed by atoms with E-state index in [1.807, 2.05) is 55.5 Å². The fourth-order valence-corrected chi connectivity index (χ4v) is 2.94. The highest BCUT2D eigenvalue weighted by atomic mass is 19.1. The minimum Gasteiger partial charge on any atom is -0.465 e. The monoisotopic (exact) mass is 358 g/mol. The standard InChI is InChI=1S/C23H19FN2O/c1-16-5-12-20(27-16)15-25-23-14-13-21-18(3-2-4-22(21)26-23)9-6-17-7-10-19(24)11-8-17/h2-14H,15H2,1H3,(H,25,26)/b9-6+. The summed E-state index contributed by atoms with van der Waals surface area (Å²) in [4.78, 5) is 4.69. The molecular formula is C23H19FN2O. The van der Waals surface area contributed by atoms with Crippen LogP contribution in [-0.4, -0.2) is 4.98 Å². The Balaban J connectivity index is 1.55. The number of aryl methyl sites for hydroxylation is 1. The van der Waals surface area contributed by atoms with E-state index in [0.29, 0.717) is 6.54 Å². The maximum Gasteiger partial charge on any atom is 0.127 e. The minimum absolute atomic E-state index is 0.230. The summed E-state index contributed by atoms with van der Waals surface area (Å²) in [6, 6.07) is 20.4. The van der Waals surface area contributed by atoms with Crippen LogP contribution in [0.1, 0.15) is 22.6 Å². The Morgan fingerprint density at radius 2 is 1.81 bits per heavy atom. The van der Waals surface area contributed by atoms with E-state index in [2.05, 4.69) is 16.4 Å². The molecule has 0 unspecified atom stereocenters. The number of pyridine rings is 1. The van der Waals surface area contributed by atoms with Crippen LogP contribution in [0.2, 0.25) is 0 Å². The number of fused-ring (bicyclic) bond motifs is 1. The number of halogens is 1. The molecule has 0 aliphatic rings. The van der Waals surface area contributed by atoms with Gasteiger partial charge in [0.15, 0.2) is 0 Å². The second kappa shape index (κ2) is 7.46. The summed E-state index contributed by atoms with van der Waals surface area (Å²) >= 11 is 0. The van der Waals surface area contributed by atoms with Gasteiger partial charge in [0, 0.05) is 5.39 Å². The molecule has 0 aliphatic heterocycles. The van der Waals surface area contributed by atoms with Crippen LogP contribution in [0.15, 0.2) is 71.1 Å². The summed E-state index contributed by atoms with van der Waals surface area (Å²) in [5.41, 5.74) is 2.93. The van der Waals surface area contributed by atoms with Gasteiger partial charge in [-0.15, -0.1) is 0 Å². The summed E-state index contributed by atoms with van der Waals surface area (Å²) in [5.74, 6) is 2.35. The van der Waals surface area contributed by atoms with E-state index < -0.39 is 0 Å². The fourth-order valence-electron chi connectivity index (χ4n) is 2.94. The van der Waals surface area contributed by atoms with Crippen LogP contribution in [0, 0.1) is 12.7 Å². The van der Waals surface area contributed by atoms with Gasteiger partial charge in [-0.1, -0.05) is 36.4 Å². The van der Waals surface area contributed by atoms with Crippen LogP contribution in [-0.2, 0) is 6.54 Å². The second-order valence-corrected chi connectivity index (χ2v) is 6.36. The summed E-state index contributed by atoms with van der Waals surface area (Å²) in [5, 5.41) is 4.36. The molecule has 0 radical (unpaired) electrons. The van der Waals surface area contributed by atoms with Gasteiger partial charge in [0.05, 0.1) is 12.1 Å². The molecule has 1 N–H and O–H groups in total. The molecule has 0 saturated carbocycles.